The van der Waals surface area contributed by atoms with Crippen LogP contribution < -0.4 is 20.4 Å². The van der Waals surface area contributed by atoms with Gasteiger partial charge in [0.25, 0.3) is 5.91 Å². The third kappa shape index (κ3) is 6.92. The molecule has 0 unspecified atom stereocenters. The highest BCUT2D eigenvalue weighted by atomic mass is 19.1. The number of nitrogens with one attached hydrogen (secondary N) is 2. The van der Waals surface area contributed by atoms with Crippen LogP contribution in [0, 0.1) is 28.5 Å². The quantitative estimate of drug-likeness (QED) is 0.120. The number of methoxy groups -OCH3 is 1. The zero-order valence-corrected chi connectivity index (χ0v) is 24.7. The summed E-state index contributed by atoms with van der Waals surface area (Å²) in [6.45, 7) is 1.75. The van der Waals surface area contributed by atoms with Crippen molar-refractivity contribution in [1.82, 2.24) is 25.7 Å². The van der Waals surface area contributed by atoms with Gasteiger partial charge in [-0.15, -0.1) is 0 Å². The van der Waals surface area contributed by atoms with Crippen molar-refractivity contribution in [3.63, 3.8) is 0 Å². The molecule has 1 aliphatic heterocycles. The molecule has 0 atom stereocenters. The summed E-state index contributed by atoms with van der Waals surface area (Å²) in [5.41, 5.74) is 4.68. The summed E-state index contributed by atoms with van der Waals surface area (Å²) in [5, 5.41) is 42.2. The molecule has 5 rings (SSSR count). The Labute approximate surface area is 264 Å². The minimum absolute atomic E-state index is 0.0286. The molecule has 0 bridgehead atoms. The summed E-state index contributed by atoms with van der Waals surface area (Å²) in [4.78, 5) is 26.4. The number of hydroxylamine groups is 1. The number of nitriles is 2. The van der Waals surface area contributed by atoms with Gasteiger partial charge < -0.3 is 20.1 Å². The number of ether oxygens (including phenoxy) is 1. The van der Waals surface area contributed by atoms with Crippen LogP contribution in [-0.4, -0.2) is 57.4 Å². The molecule has 1 fully saturated rings. The van der Waals surface area contributed by atoms with E-state index in [0.717, 1.165) is 30.2 Å². The number of phenols is 1. The Bertz CT molecular complexity index is 1840. The summed E-state index contributed by atoms with van der Waals surface area (Å²) in [7, 11) is 1.32. The van der Waals surface area contributed by atoms with Crippen molar-refractivity contribution in [3.05, 3.63) is 89.4 Å². The summed E-state index contributed by atoms with van der Waals surface area (Å²) >= 11 is 0. The fraction of sp³-hybridized carbons (Fsp3) is 0.212. The first-order valence-electron chi connectivity index (χ1n) is 14.3. The number of hydrogen-bond donors (Lipinski definition) is 4. The van der Waals surface area contributed by atoms with Gasteiger partial charge in [0.05, 0.1) is 12.8 Å². The fourth-order valence-corrected chi connectivity index (χ4v) is 5.26. The number of halogens is 1. The Morgan fingerprint density at radius 1 is 1.09 bits per heavy atom. The van der Waals surface area contributed by atoms with E-state index in [4.69, 9.17) is 9.94 Å². The van der Waals surface area contributed by atoms with Crippen LogP contribution in [0.4, 0.5) is 10.2 Å². The summed E-state index contributed by atoms with van der Waals surface area (Å²) in [6, 6.07) is 13.6. The van der Waals surface area contributed by atoms with Gasteiger partial charge in [-0.2, -0.15) is 10.5 Å². The molecule has 12 nitrogen and oxygen atoms in total. The number of nitrogens with zero attached hydrogens (tertiary/aromatic N) is 6. The molecule has 1 aliphatic rings. The maximum Gasteiger partial charge on any atom is 0.267 e. The normalized spacial score (nSPS) is 13.3. The van der Waals surface area contributed by atoms with Gasteiger partial charge in [0.15, 0.2) is 11.5 Å². The Balaban J connectivity index is 1.37. The maximum atomic E-state index is 15.3. The number of anilines is 1. The predicted molar refractivity (Wildman–Crippen MR) is 166 cm³/mol. The molecular weight excluding hydrogens is 591 g/mol. The van der Waals surface area contributed by atoms with E-state index in [9.17, 15) is 20.4 Å². The molecule has 1 saturated heterocycles. The third-order valence-electron chi connectivity index (χ3n) is 7.65. The number of amides is 1. The van der Waals surface area contributed by atoms with Gasteiger partial charge in [-0.05, 0) is 48.7 Å². The maximum absolute atomic E-state index is 15.3. The third-order valence-corrected chi connectivity index (χ3v) is 7.65. The number of rotatable bonds is 9. The summed E-state index contributed by atoms with van der Waals surface area (Å²) in [6.07, 6.45) is 8.86. The highest BCUT2D eigenvalue weighted by molar-refractivity contribution is 5.91. The Hall–Kier alpha value is -5.89. The van der Waals surface area contributed by atoms with Crippen LogP contribution in [0.25, 0.3) is 28.3 Å². The number of pyridine rings is 3. The van der Waals surface area contributed by atoms with E-state index in [2.05, 4.69) is 26.3 Å². The average molecular weight is 621 g/mol. The van der Waals surface area contributed by atoms with Gasteiger partial charge in [-0.1, -0.05) is 6.07 Å². The largest absolute Gasteiger partial charge is 0.504 e. The lowest BCUT2D eigenvalue weighted by Gasteiger charge is -2.34. The monoisotopic (exact) mass is 620 g/mol. The van der Waals surface area contributed by atoms with Crippen molar-refractivity contribution >= 4 is 17.8 Å². The minimum atomic E-state index is -0.669. The van der Waals surface area contributed by atoms with Crippen molar-refractivity contribution in [2.45, 2.75) is 25.4 Å². The molecule has 3 aromatic heterocycles. The van der Waals surface area contributed by atoms with Crippen LogP contribution in [0.5, 0.6) is 11.5 Å². The summed E-state index contributed by atoms with van der Waals surface area (Å²) < 4.78 is 20.4. The van der Waals surface area contributed by atoms with Crippen LogP contribution in [0.3, 0.4) is 0 Å². The molecule has 1 aromatic carbocycles. The van der Waals surface area contributed by atoms with E-state index in [-0.39, 0.29) is 39.9 Å². The van der Waals surface area contributed by atoms with Crippen LogP contribution in [-0.2, 0) is 11.3 Å². The molecule has 1 amide bonds. The molecule has 4 aromatic rings. The molecule has 0 radical (unpaired) electrons. The lowest BCUT2D eigenvalue weighted by atomic mass is 9.92. The standard InChI is InChI=1S/C33H29FN8O4/c1-46-30-13-28(34)25(12-29(30)43)27-19-40-33(26(15-36)32(27)21-4-6-23(14-35)38-17-21)42-10-8-22(9-11-42)39-18-24-5-2-20(16-37-24)3-7-31(44)41-45/h2-7,12-13,16-17,19,22,39,43,45H,8-11,18H2,1H3,(H,41,44)/b7-3+. The van der Waals surface area contributed by atoms with Crippen molar-refractivity contribution in [1.29, 1.82) is 10.5 Å². The zero-order chi connectivity index (χ0) is 32.6. The van der Waals surface area contributed by atoms with Gasteiger partial charge in [-0.25, -0.2) is 19.8 Å². The van der Waals surface area contributed by atoms with Crippen LogP contribution in [0.1, 0.15) is 35.4 Å². The Morgan fingerprint density at radius 2 is 1.89 bits per heavy atom. The van der Waals surface area contributed by atoms with Gasteiger partial charge in [0, 0.05) is 78.7 Å². The molecule has 13 heteroatoms. The molecule has 0 aliphatic carbocycles. The number of aromatic nitrogens is 3. The minimum Gasteiger partial charge on any atom is -0.504 e. The first kappa shape index (κ1) is 31.5. The van der Waals surface area contributed by atoms with Crippen molar-refractivity contribution in [3.8, 4) is 45.9 Å². The molecule has 0 spiro atoms. The number of hydrogen-bond acceptors (Lipinski definition) is 11. The first-order valence-corrected chi connectivity index (χ1v) is 14.3. The molecular formula is C33H29FN8O4. The average Bonchev–Trinajstić information content (AvgIpc) is 3.10. The SMILES string of the molecule is COc1cc(F)c(-c2cnc(N3CCC(NCc4ccc(/C=C/C(=O)NO)cn4)CC3)c(C#N)c2-c2ccc(C#N)nc2)cc1O. The smallest absolute Gasteiger partial charge is 0.267 e. The fourth-order valence-electron chi connectivity index (χ4n) is 5.26. The first-order chi connectivity index (χ1) is 22.3. The number of aromatic hydroxyl groups is 1. The van der Waals surface area contributed by atoms with E-state index >= 15 is 4.39 Å². The van der Waals surface area contributed by atoms with E-state index in [1.807, 2.05) is 23.1 Å². The zero-order valence-electron chi connectivity index (χ0n) is 24.7. The lowest BCUT2D eigenvalue weighted by Crippen LogP contribution is -2.43. The van der Waals surface area contributed by atoms with Gasteiger partial charge in [0.2, 0.25) is 0 Å². The topological polar surface area (TPSA) is 180 Å². The molecule has 46 heavy (non-hydrogen) atoms. The second kappa shape index (κ2) is 14.3. The van der Waals surface area contributed by atoms with Crippen molar-refractivity contribution in [2.24, 2.45) is 0 Å². The highest BCUT2D eigenvalue weighted by Gasteiger charge is 2.27. The Kier molecular flexibility index (Phi) is 9.78. The van der Waals surface area contributed by atoms with Gasteiger partial charge in [0.1, 0.15) is 35.0 Å². The van der Waals surface area contributed by atoms with E-state index < -0.39 is 11.7 Å². The number of benzene rings is 1. The van der Waals surface area contributed by atoms with Crippen LogP contribution in [0.15, 0.2) is 61.1 Å². The second-order valence-electron chi connectivity index (χ2n) is 10.4. The van der Waals surface area contributed by atoms with E-state index in [0.29, 0.717) is 36.6 Å². The summed E-state index contributed by atoms with van der Waals surface area (Å²) in [5.74, 6) is -1.15. The number of carbonyl (C=O) groups is 1. The van der Waals surface area contributed by atoms with Crippen molar-refractivity contribution in [2.75, 3.05) is 25.1 Å². The van der Waals surface area contributed by atoms with E-state index in [1.165, 1.54) is 43.2 Å². The number of phenolic OH excluding ortho intramolecular Hbond substituents is 1. The van der Waals surface area contributed by atoms with Crippen LogP contribution in [0.2, 0.25) is 0 Å². The van der Waals surface area contributed by atoms with Crippen molar-refractivity contribution < 1.29 is 24.2 Å². The van der Waals surface area contributed by atoms with Gasteiger partial charge in [-0.3, -0.25) is 15.0 Å². The predicted octanol–water partition coefficient (Wildman–Crippen LogP) is 4.08. The molecule has 0 saturated carbocycles. The van der Waals surface area contributed by atoms with Gasteiger partial charge >= 0.3 is 0 Å². The lowest BCUT2D eigenvalue weighted by molar-refractivity contribution is -0.124. The van der Waals surface area contributed by atoms with E-state index in [1.54, 1.807) is 18.3 Å². The second-order valence-corrected chi connectivity index (χ2v) is 10.4. The highest BCUT2D eigenvalue weighted by Crippen LogP contribution is 2.42. The molecule has 232 valence electrons. The number of piperidine rings is 1. The van der Waals surface area contributed by atoms with Crippen LogP contribution >= 0.6 is 0 Å². The molecule has 4 heterocycles. The molecule has 4 N–H and O–H groups in total. The number of carbonyl (C=O) groups excluding carboxylic acids is 1. The Morgan fingerprint density at radius 3 is 2.52 bits per heavy atom.